The highest BCUT2D eigenvalue weighted by Crippen LogP contribution is 2.16. The molecule has 0 saturated carbocycles. The fourth-order valence-electron chi connectivity index (χ4n) is 1.72. The second kappa shape index (κ2) is 5.45. The molecule has 19 heavy (non-hydrogen) atoms. The lowest BCUT2D eigenvalue weighted by Gasteiger charge is -2.12. The number of amides is 1. The van der Waals surface area contributed by atoms with Crippen molar-refractivity contribution in [1.29, 1.82) is 0 Å². The molecular weight excluding hydrogens is 248 g/mol. The van der Waals surface area contributed by atoms with Crippen LogP contribution in [0.15, 0.2) is 36.5 Å². The van der Waals surface area contributed by atoms with Gasteiger partial charge in [0.25, 0.3) is 5.91 Å². The average molecular weight is 260 g/mol. The summed E-state index contributed by atoms with van der Waals surface area (Å²) in [6, 6.07) is 7.23. The molecule has 2 aromatic rings. The maximum atomic E-state index is 12.0. The number of nitrogens with one attached hydrogen (secondary N) is 1. The van der Waals surface area contributed by atoms with Crippen molar-refractivity contribution in [1.82, 2.24) is 10.3 Å². The minimum Gasteiger partial charge on any atom is -0.480 e. The van der Waals surface area contributed by atoms with E-state index in [1.807, 2.05) is 0 Å². The first kappa shape index (κ1) is 13.0. The SMILES string of the molecule is O=C(N[C@H](CO)C(=O)O)c1ccnc2ccccc12. The minimum atomic E-state index is -1.32. The largest absolute Gasteiger partial charge is 0.480 e. The Morgan fingerprint density at radius 1 is 1.26 bits per heavy atom. The van der Waals surface area contributed by atoms with Gasteiger partial charge in [-0.15, -0.1) is 0 Å². The lowest BCUT2D eigenvalue weighted by molar-refractivity contribution is -0.140. The van der Waals surface area contributed by atoms with E-state index in [4.69, 9.17) is 10.2 Å². The number of aliphatic hydroxyl groups excluding tert-OH is 1. The monoisotopic (exact) mass is 260 g/mol. The summed E-state index contributed by atoms with van der Waals surface area (Å²) in [7, 11) is 0. The van der Waals surface area contributed by atoms with E-state index in [1.54, 1.807) is 24.3 Å². The zero-order chi connectivity index (χ0) is 13.8. The van der Waals surface area contributed by atoms with Gasteiger partial charge in [-0.1, -0.05) is 18.2 Å². The normalized spacial score (nSPS) is 12.1. The maximum absolute atomic E-state index is 12.0. The molecule has 1 heterocycles. The van der Waals surface area contributed by atoms with Crippen LogP contribution in [0.2, 0.25) is 0 Å². The van der Waals surface area contributed by atoms with E-state index in [0.717, 1.165) is 0 Å². The molecule has 0 saturated heterocycles. The van der Waals surface area contributed by atoms with Crippen LogP contribution in [0.3, 0.4) is 0 Å². The van der Waals surface area contributed by atoms with Crippen molar-refractivity contribution in [3.05, 3.63) is 42.1 Å². The number of nitrogens with zero attached hydrogens (tertiary/aromatic N) is 1. The van der Waals surface area contributed by atoms with Crippen LogP contribution in [-0.2, 0) is 4.79 Å². The van der Waals surface area contributed by atoms with Gasteiger partial charge in [0.1, 0.15) is 0 Å². The molecular formula is C13H12N2O4. The molecule has 98 valence electrons. The van der Waals surface area contributed by atoms with Crippen LogP contribution in [0, 0.1) is 0 Å². The van der Waals surface area contributed by atoms with E-state index in [9.17, 15) is 9.59 Å². The lowest BCUT2D eigenvalue weighted by Crippen LogP contribution is -2.43. The average Bonchev–Trinajstić information content (AvgIpc) is 2.43. The predicted octanol–water partition coefficient (Wildman–Crippen LogP) is 0.410. The van der Waals surface area contributed by atoms with Gasteiger partial charge in [-0.25, -0.2) is 4.79 Å². The summed E-state index contributed by atoms with van der Waals surface area (Å²) in [5.74, 6) is -1.84. The van der Waals surface area contributed by atoms with Crippen LogP contribution >= 0.6 is 0 Å². The fourth-order valence-corrected chi connectivity index (χ4v) is 1.72. The topological polar surface area (TPSA) is 99.5 Å². The number of aromatic nitrogens is 1. The number of aliphatic hydroxyl groups is 1. The second-order valence-electron chi connectivity index (χ2n) is 3.92. The lowest BCUT2D eigenvalue weighted by atomic mass is 10.1. The van der Waals surface area contributed by atoms with Crippen molar-refractivity contribution in [3.63, 3.8) is 0 Å². The third kappa shape index (κ3) is 2.69. The molecule has 3 N–H and O–H groups in total. The number of carboxylic acid groups (broad SMARTS) is 1. The van der Waals surface area contributed by atoms with Crippen molar-refractivity contribution in [2.24, 2.45) is 0 Å². The van der Waals surface area contributed by atoms with Gasteiger partial charge in [0.05, 0.1) is 17.7 Å². The Bertz CT molecular complexity index is 622. The standard InChI is InChI=1S/C13H12N2O4/c16-7-11(13(18)19)15-12(17)9-5-6-14-10-4-2-1-3-8(9)10/h1-6,11,16H,7H2,(H,15,17)(H,18,19)/t11-/m1/s1. The highest BCUT2D eigenvalue weighted by molar-refractivity contribution is 6.06. The van der Waals surface area contributed by atoms with Gasteiger partial charge in [0.2, 0.25) is 0 Å². The zero-order valence-electron chi connectivity index (χ0n) is 9.91. The van der Waals surface area contributed by atoms with Crippen LogP contribution in [0.25, 0.3) is 10.9 Å². The van der Waals surface area contributed by atoms with Crippen LogP contribution in [0.5, 0.6) is 0 Å². The quantitative estimate of drug-likeness (QED) is 0.739. The number of aliphatic carboxylic acids is 1. The minimum absolute atomic E-state index is 0.324. The molecule has 0 radical (unpaired) electrons. The summed E-state index contributed by atoms with van der Waals surface area (Å²) in [4.78, 5) is 26.9. The van der Waals surface area contributed by atoms with Gasteiger partial charge in [-0.2, -0.15) is 0 Å². The molecule has 6 nitrogen and oxygen atoms in total. The van der Waals surface area contributed by atoms with Gasteiger partial charge in [0.15, 0.2) is 6.04 Å². The molecule has 0 unspecified atom stereocenters. The number of carbonyl (C=O) groups excluding carboxylic acids is 1. The third-order valence-electron chi connectivity index (χ3n) is 2.68. The number of pyridine rings is 1. The van der Waals surface area contributed by atoms with Gasteiger partial charge in [0, 0.05) is 11.6 Å². The second-order valence-corrected chi connectivity index (χ2v) is 3.92. The number of carbonyl (C=O) groups is 2. The highest BCUT2D eigenvalue weighted by Gasteiger charge is 2.20. The Kier molecular flexibility index (Phi) is 3.72. The summed E-state index contributed by atoms with van der Waals surface area (Å²) in [6.07, 6.45) is 1.48. The molecule has 1 atom stereocenters. The molecule has 0 fully saturated rings. The Hall–Kier alpha value is -2.47. The summed E-state index contributed by atoms with van der Waals surface area (Å²) in [6.45, 7) is -0.663. The molecule has 0 bridgehead atoms. The Morgan fingerprint density at radius 2 is 2.00 bits per heavy atom. The molecule has 6 heteroatoms. The molecule has 2 rings (SSSR count). The summed E-state index contributed by atoms with van der Waals surface area (Å²) >= 11 is 0. The Morgan fingerprint density at radius 3 is 2.68 bits per heavy atom. The molecule has 1 aromatic carbocycles. The molecule has 0 aliphatic carbocycles. The predicted molar refractivity (Wildman–Crippen MR) is 67.7 cm³/mol. The van der Waals surface area contributed by atoms with E-state index in [1.165, 1.54) is 12.3 Å². The molecule has 1 amide bonds. The van der Waals surface area contributed by atoms with Crippen molar-refractivity contribution in [3.8, 4) is 0 Å². The molecule has 1 aromatic heterocycles. The summed E-state index contributed by atoms with van der Waals surface area (Å²) in [5, 5.41) is 20.6. The van der Waals surface area contributed by atoms with E-state index >= 15 is 0 Å². The highest BCUT2D eigenvalue weighted by atomic mass is 16.4. The van der Waals surface area contributed by atoms with Gasteiger partial charge in [-0.05, 0) is 12.1 Å². The van der Waals surface area contributed by atoms with E-state index in [-0.39, 0.29) is 0 Å². The van der Waals surface area contributed by atoms with Crippen molar-refractivity contribution >= 4 is 22.8 Å². The van der Waals surface area contributed by atoms with Crippen molar-refractivity contribution in [2.45, 2.75) is 6.04 Å². The first-order chi connectivity index (χ1) is 9.13. The smallest absolute Gasteiger partial charge is 0.328 e. The van der Waals surface area contributed by atoms with Crippen LogP contribution in [-0.4, -0.2) is 39.7 Å². The van der Waals surface area contributed by atoms with E-state index < -0.39 is 24.5 Å². The van der Waals surface area contributed by atoms with Crippen molar-refractivity contribution < 1.29 is 19.8 Å². The van der Waals surface area contributed by atoms with Crippen LogP contribution < -0.4 is 5.32 Å². The summed E-state index contributed by atoms with van der Waals surface area (Å²) in [5.41, 5.74) is 0.969. The number of rotatable bonds is 4. The summed E-state index contributed by atoms with van der Waals surface area (Å²) < 4.78 is 0. The van der Waals surface area contributed by atoms with Gasteiger partial charge < -0.3 is 15.5 Å². The van der Waals surface area contributed by atoms with Crippen LogP contribution in [0.1, 0.15) is 10.4 Å². The number of para-hydroxylation sites is 1. The van der Waals surface area contributed by atoms with E-state index in [2.05, 4.69) is 10.3 Å². The van der Waals surface area contributed by atoms with E-state index in [0.29, 0.717) is 16.5 Å². The zero-order valence-corrected chi connectivity index (χ0v) is 9.91. The number of benzene rings is 1. The maximum Gasteiger partial charge on any atom is 0.328 e. The number of hydrogen-bond donors (Lipinski definition) is 3. The molecule has 0 aliphatic rings. The first-order valence-corrected chi connectivity index (χ1v) is 5.61. The molecule has 0 aliphatic heterocycles. The van der Waals surface area contributed by atoms with Gasteiger partial charge in [-0.3, -0.25) is 9.78 Å². The Balaban J connectivity index is 2.34. The number of fused-ring (bicyclic) bond motifs is 1. The number of hydrogen-bond acceptors (Lipinski definition) is 4. The van der Waals surface area contributed by atoms with Crippen molar-refractivity contribution in [2.75, 3.05) is 6.61 Å². The fraction of sp³-hybridized carbons (Fsp3) is 0.154. The Labute approximate surface area is 108 Å². The van der Waals surface area contributed by atoms with Gasteiger partial charge >= 0.3 is 5.97 Å². The third-order valence-corrected chi connectivity index (χ3v) is 2.68. The number of carboxylic acids is 1. The molecule has 0 spiro atoms. The first-order valence-electron chi connectivity index (χ1n) is 5.61. The van der Waals surface area contributed by atoms with Crippen LogP contribution in [0.4, 0.5) is 0 Å².